The standard InChI is InChI=1S/C6H4BrF2IN2O2S/c7-2-1-3(10)12-4(6(8)9)5(2)15(11,13)14/h1,6H,(H2,11,13,14). The highest BCUT2D eigenvalue weighted by Gasteiger charge is 2.25. The van der Waals surface area contributed by atoms with Crippen molar-refractivity contribution in [2.45, 2.75) is 11.3 Å². The number of rotatable bonds is 2. The average molecular weight is 413 g/mol. The summed E-state index contributed by atoms with van der Waals surface area (Å²) in [6.07, 6.45) is -3.00. The van der Waals surface area contributed by atoms with Gasteiger partial charge in [-0.2, -0.15) is 0 Å². The molecular weight excluding hydrogens is 409 g/mol. The van der Waals surface area contributed by atoms with Crippen molar-refractivity contribution in [2.24, 2.45) is 5.14 Å². The summed E-state index contributed by atoms with van der Waals surface area (Å²) in [6.45, 7) is 0. The number of hydrogen-bond acceptors (Lipinski definition) is 3. The number of hydrogen-bond donors (Lipinski definition) is 1. The van der Waals surface area contributed by atoms with Gasteiger partial charge >= 0.3 is 0 Å². The van der Waals surface area contributed by atoms with Crippen molar-refractivity contribution in [3.63, 3.8) is 0 Å². The minimum atomic E-state index is -4.22. The quantitative estimate of drug-likeness (QED) is 0.596. The molecule has 9 heteroatoms. The Kier molecular flexibility index (Phi) is 4.01. The molecule has 1 aromatic heterocycles. The van der Waals surface area contributed by atoms with Crippen molar-refractivity contribution in [2.75, 3.05) is 0 Å². The van der Waals surface area contributed by atoms with E-state index in [1.807, 2.05) is 0 Å². The van der Waals surface area contributed by atoms with E-state index in [0.717, 1.165) is 0 Å². The van der Waals surface area contributed by atoms with Crippen LogP contribution in [0.4, 0.5) is 8.78 Å². The van der Waals surface area contributed by atoms with Gasteiger partial charge in [-0.1, -0.05) is 0 Å². The van der Waals surface area contributed by atoms with Gasteiger partial charge in [-0.05, 0) is 44.6 Å². The molecule has 4 nitrogen and oxygen atoms in total. The molecule has 0 saturated heterocycles. The lowest BCUT2D eigenvalue weighted by Crippen LogP contribution is -2.17. The van der Waals surface area contributed by atoms with E-state index in [-0.39, 0.29) is 8.17 Å². The molecule has 1 aromatic rings. The third-order valence-corrected chi connectivity index (χ3v) is 3.85. The highest BCUT2D eigenvalue weighted by molar-refractivity contribution is 14.1. The first kappa shape index (κ1) is 13.2. The van der Waals surface area contributed by atoms with Crippen LogP contribution in [0.3, 0.4) is 0 Å². The Bertz CT molecular complexity index is 494. The maximum absolute atomic E-state index is 12.5. The first-order valence-corrected chi connectivity index (χ1v) is 6.82. The summed E-state index contributed by atoms with van der Waals surface area (Å²) in [5, 5.41) is 4.81. The Hall–Kier alpha value is 0.130. The van der Waals surface area contributed by atoms with Gasteiger partial charge in [-0.15, -0.1) is 0 Å². The molecule has 15 heavy (non-hydrogen) atoms. The second kappa shape index (κ2) is 4.55. The van der Waals surface area contributed by atoms with Crippen LogP contribution in [0.2, 0.25) is 0 Å². The SMILES string of the molecule is NS(=O)(=O)c1c(Br)cc(I)nc1C(F)F. The van der Waals surface area contributed by atoms with Crippen LogP contribution in [0.25, 0.3) is 0 Å². The third kappa shape index (κ3) is 3.04. The van der Waals surface area contributed by atoms with Crippen LogP contribution in [0.5, 0.6) is 0 Å². The lowest BCUT2D eigenvalue weighted by Gasteiger charge is -2.08. The van der Waals surface area contributed by atoms with E-state index in [0.29, 0.717) is 0 Å². The van der Waals surface area contributed by atoms with Crippen LogP contribution < -0.4 is 5.14 Å². The van der Waals surface area contributed by atoms with Gasteiger partial charge in [-0.25, -0.2) is 27.3 Å². The van der Waals surface area contributed by atoms with Gasteiger partial charge in [0.25, 0.3) is 6.43 Å². The number of sulfonamides is 1. The maximum atomic E-state index is 12.5. The first-order valence-electron chi connectivity index (χ1n) is 3.40. The lowest BCUT2D eigenvalue weighted by molar-refractivity contribution is 0.142. The fourth-order valence-electron chi connectivity index (χ4n) is 0.920. The van der Waals surface area contributed by atoms with E-state index in [2.05, 4.69) is 20.9 Å². The van der Waals surface area contributed by atoms with Crippen LogP contribution in [-0.4, -0.2) is 13.4 Å². The molecule has 0 spiro atoms. The number of alkyl halides is 2. The van der Waals surface area contributed by atoms with Crippen molar-refractivity contribution in [3.05, 3.63) is 19.9 Å². The monoisotopic (exact) mass is 412 g/mol. The normalized spacial score (nSPS) is 12.1. The molecule has 0 atom stereocenters. The van der Waals surface area contributed by atoms with Gasteiger partial charge in [0.15, 0.2) is 0 Å². The third-order valence-electron chi connectivity index (χ3n) is 1.41. The molecule has 0 aliphatic rings. The van der Waals surface area contributed by atoms with Gasteiger partial charge < -0.3 is 0 Å². The van der Waals surface area contributed by atoms with Gasteiger partial charge in [0.1, 0.15) is 14.3 Å². The Balaban J connectivity index is 3.62. The Morgan fingerprint density at radius 2 is 2.07 bits per heavy atom. The van der Waals surface area contributed by atoms with Gasteiger partial charge in [-0.3, -0.25) is 0 Å². The molecule has 0 aliphatic heterocycles. The highest BCUT2D eigenvalue weighted by atomic mass is 127. The van der Waals surface area contributed by atoms with Crippen molar-refractivity contribution in [1.82, 2.24) is 4.98 Å². The second-order valence-corrected chi connectivity index (χ2v) is 5.94. The zero-order valence-electron chi connectivity index (χ0n) is 6.92. The van der Waals surface area contributed by atoms with E-state index in [1.54, 1.807) is 22.6 Å². The maximum Gasteiger partial charge on any atom is 0.281 e. The predicted molar refractivity (Wildman–Crippen MR) is 61.0 cm³/mol. The Labute approximate surface area is 107 Å². The number of halogens is 4. The average Bonchev–Trinajstić information content (AvgIpc) is 1.99. The van der Waals surface area contributed by atoms with E-state index in [9.17, 15) is 17.2 Å². The predicted octanol–water partition coefficient (Wildman–Crippen LogP) is 2.03. The van der Waals surface area contributed by atoms with Crippen LogP contribution in [0, 0.1) is 3.70 Å². The smallest absolute Gasteiger partial charge is 0.239 e. The Morgan fingerprint density at radius 1 is 1.53 bits per heavy atom. The molecule has 0 fully saturated rings. The van der Waals surface area contributed by atoms with Crippen molar-refractivity contribution < 1.29 is 17.2 Å². The second-order valence-electron chi connectivity index (χ2n) is 2.49. The zero-order valence-corrected chi connectivity index (χ0v) is 11.5. The molecule has 0 saturated carbocycles. The molecule has 0 bridgehead atoms. The topological polar surface area (TPSA) is 73.1 Å². The Morgan fingerprint density at radius 3 is 2.47 bits per heavy atom. The van der Waals surface area contributed by atoms with Crippen molar-refractivity contribution in [1.29, 1.82) is 0 Å². The van der Waals surface area contributed by atoms with E-state index in [1.165, 1.54) is 6.07 Å². The van der Waals surface area contributed by atoms with E-state index >= 15 is 0 Å². The number of nitrogens with two attached hydrogens (primary N) is 1. The summed E-state index contributed by atoms with van der Waals surface area (Å²) < 4.78 is 47.4. The molecule has 0 amide bonds. The molecule has 2 N–H and O–H groups in total. The summed E-state index contributed by atoms with van der Waals surface area (Å²) in [6, 6.07) is 1.30. The van der Waals surface area contributed by atoms with Crippen molar-refractivity contribution >= 4 is 48.5 Å². The lowest BCUT2D eigenvalue weighted by atomic mass is 10.3. The zero-order chi connectivity index (χ0) is 11.8. The van der Waals surface area contributed by atoms with Crippen LogP contribution in [-0.2, 0) is 10.0 Å². The summed E-state index contributed by atoms with van der Waals surface area (Å²) in [5.41, 5.74) is -0.837. The fraction of sp³-hybridized carbons (Fsp3) is 0.167. The molecular formula is C6H4BrF2IN2O2S. The molecule has 1 rings (SSSR count). The largest absolute Gasteiger partial charge is 0.281 e. The molecule has 0 unspecified atom stereocenters. The molecule has 0 radical (unpaired) electrons. The molecule has 1 heterocycles. The van der Waals surface area contributed by atoms with Gasteiger partial charge in [0.05, 0.1) is 0 Å². The summed E-state index contributed by atoms with van der Waals surface area (Å²) in [7, 11) is -4.22. The fourth-order valence-corrected chi connectivity index (χ4v) is 3.77. The highest BCUT2D eigenvalue weighted by Crippen LogP contribution is 2.31. The van der Waals surface area contributed by atoms with Crippen LogP contribution in [0.15, 0.2) is 15.4 Å². The van der Waals surface area contributed by atoms with Gasteiger partial charge in [0, 0.05) is 4.47 Å². The molecule has 0 aliphatic carbocycles. The number of aromatic nitrogens is 1. The summed E-state index contributed by atoms with van der Waals surface area (Å²) >= 11 is 4.56. The number of nitrogens with zero attached hydrogens (tertiary/aromatic N) is 1. The number of pyridine rings is 1. The first-order chi connectivity index (χ1) is 6.73. The minimum absolute atomic E-state index is 0.0142. The summed E-state index contributed by atoms with van der Waals surface area (Å²) in [4.78, 5) is 2.78. The van der Waals surface area contributed by atoms with Crippen molar-refractivity contribution in [3.8, 4) is 0 Å². The molecule has 84 valence electrons. The van der Waals surface area contributed by atoms with Crippen LogP contribution >= 0.6 is 38.5 Å². The van der Waals surface area contributed by atoms with E-state index < -0.39 is 27.0 Å². The number of primary sulfonamides is 1. The molecule has 0 aromatic carbocycles. The minimum Gasteiger partial charge on any atom is -0.239 e. The summed E-state index contributed by atoms with van der Waals surface area (Å²) in [5.74, 6) is 0. The van der Waals surface area contributed by atoms with Crippen LogP contribution in [0.1, 0.15) is 12.1 Å². The van der Waals surface area contributed by atoms with Gasteiger partial charge in [0.2, 0.25) is 10.0 Å². The van der Waals surface area contributed by atoms with E-state index in [4.69, 9.17) is 5.14 Å².